The number of benzene rings is 2. The van der Waals surface area contributed by atoms with Gasteiger partial charge in [0.25, 0.3) is 5.91 Å². The number of nitrogens with zero attached hydrogens (tertiary/aromatic N) is 1. The Morgan fingerprint density at radius 2 is 1.83 bits per heavy atom. The Labute approximate surface area is 141 Å². The van der Waals surface area contributed by atoms with Gasteiger partial charge in [0.05, 0.1) is 6.61 Å². The van der Waals surface area contributed by atoms with E-state index in [-0.39, 0.29) is 12.5 Å². The molecule has 1 amide bonds. The molecule has 0 atom stereocenters. The molecule has 0 aliphatic carbocycles. The zero-order valence-electron chi connectivity index (χ0n) is 13.9. The lowest BCUT2D eigenvalue weighted by molar-refractivity contribution is -0.132. The average molecular weight is 327 g/mol. The normalized spacial score (nSPS) is 10.1. The van der Waals surface area contributed by atoms with Crippen molar-refractivity contribution in [2.45, 2.75) is 13.5 Å². The molecule has 0 radical (unpaired) electrons. The first-order valence-corrected chi connectivity index (χ1v) is 7.76. The van der Waals surface area contributed by atoms with Gasteiger partial charge in [-0.15, -0.1) is 0 Å². The van der Waals surface area contributed by atoms with Crippen molar-refractivity contribution in [3.63, 3.8) is 0 Å². The van der Waals surface area contributed by atoms with Crippen molar-refractivity contribution >= 4 is 12.2 Å². The first-order valence-electron chi connectivity index (χ1n) is 7.76. The van der Waals surface area contributed by atoms with Crippen molar-refractivity contribution in [3.05, 3.63) is 59.7 Å². The largest absolute Gasteiger partial charge is 0.494 e. The Morgan fingerprint density at radius 1 is 1.08 bits per heavy atom. The molecule has 0 saturated carbocycles. The predicted molar refractivity (Wildman–Crippen MR) is 91.4 cm³/mol. The molecule has 0 aliphatic heterocycles. The quantitative estimate of drug-likeness (QED) is 0.700. The van der Waals surface area contributed by atoms with E-state index in [1.165, 1.54) is 0 Å². The summed E-state index contributed by atoms with van der Waals surface area (Å²) in [6, 6.07) is 14.4. The molecule has 0 heterocycles. The van der Waals surface area contributed by atoms with Crippen molar-refractivity contribution in [1.29, 1.82) is 0 Å². The van der Waals surface area contributed by atoms with Gasteiger partial charge in [-0.05, 0) is 36.8 Å². The number of ether oxygens (including phenoxy) is 2. The van der Waals surface area contributed by atoms with E-state index in [2.05, 4.69) is 0 Å². The second-order valence-corrected chi connectivity index (χ2v) is 5.31. The lowest BCUT2D eigenvalue weighted by atomic mass is 10.2. The van der Waals surface area contributed by atoms with Crippen LogP contribution in [-0.4, -0.2) is 37.4 Å². The molecule has 126 valence electrons. The van der Waals surface area contributed by atoms with Crippen LogP contribution in [0.15, 0.2) is 48.5 Å². The van der Waals surface area contributed by atoms with Crippen LogP contribution in [-0.2, 0) is 11.3 Å². The minimum atomic E-state index is -0.139. The molecule has 5 heteroatoms. The fourth-order valence-corrected chi connectivity index (χ4v) is 2.15. The third kappa shape index (κ3) is 5.12. The Bertz CT molecular complexity index is 682. The molecular weight excluding hydrogens is 306 g/mol. The van der Waals surface area contributed by atoms with E-state index >= 15 is 0 Å². The van der Waals surface area contributed by atoms with Crippen LogP contribution in [0.4, 0.5) is 0 Å². The lowest BCUT2D eigenvalue weighted by Crippen LogP contribution is -2.30. The molecule has 0 unspecified atom stereocenters. The highest BCUT2D eigenvalue weighted by molar-refractivity contribution is 5.78. The van der Waals surface area contributed by atoms with Crippen LogP contribution in [0.3, 0.4) is 0 Å². The second-order valence-electron chi connectivity index (χ2n) is 5.31. The van der Waals surface area contributed by atoms with Crippen molar-refractivity contribution in [3.8, 4) is 11.5 Å². The highest BCUT2D eigenvalue weighted by atomic mass is 16.5. The third-order valence-corrected chi connectivity index (χ3v) is 3.44. The van der Waals surface area contributed by atoms with Gasteiger partial charge in [0.15, 0.2) is 6.61 Å². The predicted octanol–water partition coefficient (Wildman–Crippen LogP) is 2.94. The lowest BCUT2D eigenvalue weighted by Gasteiger charge is -2.18. The summed E-state index contributed by atoms with van der Waals surface area (Å²) in [6.07, 6.45) is 0.743. The fraction of sp³-hybridized carbons (Fsp3) is 0.263. The number of amides is 1. The van der Waals surface area contributed by atoms with Gasteiger partial charge >= 0.3 is 0 Å². The second kappa shape index (κ2) is 8.72. The minimum Gasteiger partial charge on any atom is -0.494 e. The Morgan fingerprint density at radius 3 is 2.50 bits per heavy atom. The van der Waals surface area contributed by atoms with Gasteiger partial charge in [0, 0.05) is 19.2 Å². The van der Waals surface area contributed by atoms with Crippen LogP contribution in [0.5, 0.6) is 11.5 Å². The molecule has 2 aromatic carbocycles. The van der Waals surface area contributed by atoms with Gasteiger partial charge in [0.2, 0.25) is 0 Å². The number of hydrogen-bond acceptors (Lipinski definition) is 4. The van der Waals surface area contributed by atoms with Gasteiger partial charge in [0.1, 0.15) is 17.8 Å². The van der Waals surface area contributed by atoms with Gasteiger partial charge in [-0.25, -0.2) is 0 Å². The van der Waals surface area contributed by atoms with Gasteiger partial charge in [-0.1, -0.05) is 24.3 Å². The first-order chi connectivity index (χ1) is 11.6. The summed E-state index contributed by atoms with van der Waals surface area (Å²) in [5, 5.41) is 0. The molecule has 5 nitrogen and oxygen atoms in total. The maximum absolute atomic E-state index is 12.2. The maximum atomic E-state index is 12.2. The zero-order chi connectivity index (χ0) is 17.4. The van der Waals surface area contributed by atoms with E-state index < -0.39 is 0 Å². The minimum absolute atomic E-state index is 0.0736. The summed E-state index contributed by atoms with van der Waals surface area (Å²) in [5.41, 5.74) is 1.53. The summed E-state index contributed by atoms with van der Waals surface area (Å²) in [6.45, 7) is 2.98. The smallest absolute Gasteiger partial charge is 0.260 e. The molecule has 0 bridgehead atoms. The van der Waals surface area contributed by atoms with Crippen molar-refractivity contribution < 1.29 is 19.1 Å². The van der Waals surface area contributed by atoms with Crippen LogP contribution >= 0.6 is 0 Å². The van der Waals surface area contributed by atoms with Crippen LogP contribution in [0, 0.1) is 0 Å². The van der Waals surface area contributed by atoms with Crippen LogP contribution in [0.25, 0.3) is 0 Å². The highest BCUT2D eigenvalue weighted by Crippen LogP contribution is 2.14. The van der Waals surface area contributed by atoms with Crippen molar-refractivity contribution in [2.75, 3.05) is 20.3 Å². The fourth-order valence-electron chi connectivity index (χ4n) is 2.15. The Kier molecular flexibility index (Phi) is 6.37. The van der Waals surface area contributed by atoms with E-state index in [9.17, 15) is 9.59 Å². The molecule has 0 saturated heterocycles. The van der Waals surface area contributed by atoms with Gasteiger partial charge < -0.3 is 14.4 Å². The molecule has 0 N–H and O–H groups in total. The number of carbonyl (C=O) groups is 2. The number of hydrogen-bond donors (Lipinski definition) is 0. The SMILES string of the molecule is CCOc1ccc(CN(C)C(=O)COc2cccc(C=O)c2)cc1. The summed E-state index contributed by atoms with van der Waals surface area (Å²) >= 11 is 0. The molecule has 0 fully saturated rings. The topological polar surface area (TPSA) is 55.8 Å². The van der Waals surface area contributed by atoms with E-state index in [1.54, 1.807) is 36.2 Å². The van der Waals surface area contributed by atoms with Gasteiger partial charge in [-0.2, -0.15) is 0 Å². The zero-order valence-corrected chi connectivity index (χ0v) is 13.9. The van der Waals surface area contributed by atoms with Gasteiger partial charge in [-0.3, -0.25) is 9.59 Å². The third-order valence-electron chi connectivity index (χ3n) is 3.44. The summed E-state index contributed by atoms with van der Waals surface area (Å²) in [5.74, 6) is 1.18. The molecule has 0 spiro atoms. The molecule has 24 heavy (non-hydrogen) atoms. The van der Waals surface area contributed by atoms with E-state index in [0.717, 1.165) is 17.6 Å². The molecule has 0 aromatic heterocycles. The van der Waals surface area contributed by atoms with Crippen LogP contribution in [0.1, 0.15) is 22.8 Å². The monoisotopic (exact) mass is 327 g/mol. The number of carbonyl (C=O) groups excluding carboxylic acids is 2. The molecular formula is C19H21NO4. The Balaban J connectivity index is 1.86. The molecule has 2 aromatic rings. The summed E-state index contributed by atoms with van der Waals surface area (Å²) in [4.78, 5) is 24.5. The Hall–Kier alpha value is -2.82. The molecule has 2 rings (SSSR count). The first kappa shape index (κ1) is 17.5. The standard InChI is InChI=1S/C19H21NO4/c1-3-23-17-9-7-15(8-10-17)12-20(2)19(22)14-24-18-6-4-5-16(11-18)13-21/h4-11,13H,3,12,14H2,1-2H3. The summed E-state index contributed by atoms with van der Waals surface area (Å²) < 4.78 is 10.8. The summed E-state index contributed by atoms with van der Waals surface area (Å²) in [7, 11) is 1.73. The van der Waals surface area contributed by atoms with Crippen LogP contribution in [0.2, 0.25) is 0 Å². The van der Waals surface area contributed by atoms with Crippen LogP contribution < -0.4 is 9.47 Å². The number of likely N-dealkylation sites (N-methyl/N-ethyl adjacent to an activating group) is 1. The van der Waals surface area contributed by atoms with Crippen molar-refractivity contribution in [1.82, 2.24) is 4.90 Å². The number of rotatable bonds is 8. The highest BCUT2D eigenvalue weighted by Gasteiger charge is 2.10. The number of aldehydes is 1. The molecule has 0 aliphatic rings. The van der Waals surface area contributed by atoms with Crippen molar-refractivity contribution in [2.24, 2.45) is 0 Å². The average Bonchev–Trinajstić information content (AvgIpc) is 2.61. The maximum Gasteiger partial charge on any atom is 0.260 e. The van der Waals surface area contributed by atoms with E-state index in [4.69, 9.17) is 9.47 Å². The van der Waals surface area contributed by atoms with E-state index in [1.807, 2.05) is 31.2 Å². The van der Waals surface area contributed by atoms with E-state index in [0.29, 0.717) is 24.5 Å².